The predicted octanol–water partition coefficient (Wildman–Crippen LogP) is 4.49. The molecule has 6 nitrogen and oxygen atoms in total. The Kier molecular flexibility index (Phi) is 6.90. The number of carbonyl (C=O) groups is 1. The highest BCUT2D eigenvalue weighted by Crippen LogP contribution is 2.31. The Morgan fingerprint density at radius 1 is 1.06 bits per heavy atom. The average Bonchev–Trinajstić information content (AvgIpc) is 3.30. The molecule has 1 unspecified atom stereocenters. The van der Waals surface area contributed by atoms with E-state index >= 15 is 0 Å². The number of rotatable bonds is 7. The number of nitrogens with one attached hydrogen (secondary N) is 1. The lowest BCUT2D eigenvalue weighted by Gasteiger charge is -2.23. The Morgan fingerprint density at radius 3 is 2.66 bits per heavy atom. The van der Waals surface area contributed by atoms with Crippen molar-refractivity contribution in [3.05, 3.63) is 70.7 Å². The summed E-state index contributed by atoms with van der Waals surface area (Å²) >= 11 is 12.0. The van der Waals surface area contributed by atoms with Gasteiger partial charge in [-0.05, 0) is 47.9 Å². The van der Waals surface area contributed by atoms with Crippen molar-refractivity contribution in [3.63, 3.8) is 0 Å². The Labute approximate surface area is 197 Å². The largest absolute Gasteiger partial charge is 0.490 e. The second-order valence-corrected chi connectivity index (χ2v) is 10.1. The van der Waals surface area contributed by atoms with Crippen molar-refractivity contribution in [1.29, 1.82) is 0 Å². The van der Waals surface area contributed by atoms with E-state index in [-0.39, 0.29) is 24.0 Å². The zero-order chi connectivity index (χ0) is 22.7. The molecule has 1 fully saturated rings. The van der Waals surface area contributed by atoms with Gasteiger partial charge in [0.25, 0.3) is 0 Å². The molecule has 1 aliphatic heterocycles. The summed E-state index contributed by atoms with van der Waals surface area (Å²) in [5.41, 5.74) is 0. The van der Waals surface area contributed by atoms with Gasteiger partial charge < -0.3 is 10.1 Å². The minimum absolute atomic E-state index is 0.177. The zero-order valence-electron chi connectivity index (χ0n) is 17.1. The van der Waals surface area contributed by atoms with Crippen molar-refractivity contribution in [2.24, 2.45) is 0 Å². The number of fused-ring (bicyclic) bond motifs is 1. The number of halogens is 2. The van der Waals surface area contributed by atoms with Gasteiger partial charge in [0.15, 0.2) is 0 Å². The van der Waals surface area contributed by atoms with Crippen LogP contribution in [0.25, 0.3) is 10.8 Å². The zero-order valence-corrected chi connectivity index (χ0v) is 19.5. The Hall–Kier alpha value is -2.32. The molecule has 4 rings (SSSR count). The topological polar surface area (TPSA) is 75.7 Å². The molecule has 3 aromatic carbocycles. The molecule has 0 bridgehead atoms. The van der Waals surface area contributed by atoms with Crippen LogP contribution in [0.1, 0.15) is 12.8 Å². The summed E-state index contributed by atoms with van der Waals surface area (Å²) < 4.78 is 33.4. The standard InChI is InChI=1S/C23H22Cl2N2O4S/c24-19-7-3-9-21(22(19)25)31-14-12-26-23(28)20-8-4-13-27(20)32(29,30)18-11-10-16-5-1-2-6-17(16)15-18/h1-3,5-7,9-11,15,20H,4,8,12-14H2,(H,26,28). The third-order valence-corrected chi connectivity index (χ3v) is 8.11. The molecule has 3 aromatic rings. The van der Waals surface area contributed by atoms with Crippen LogP contribution < -0.4 is 10.1 Å². The van der Waals surface area contributed by atoms with E-state index in [9.17, 15) is 13.2 Å². The van der Waals surface area contributed by atoms with E-state index in [2.05, 4.69) is 5.32 Å². The number of hydrogen-bond donors (Lipinski definition) is 1. The molecule has 1 saturated heterocycles. The van der Waals surface area contributed by atoms with Gasteiger partial charge in [0.05, 0.1) is 16.5 Å². The molecule has 32 heavy (non-hydrogen) atoms. The van der Waals surface area contributed by atoms with Crippen LogP contribution in [-0.2, 0) is 14.8 Å². The first-order valence-electron chi connectivity index (χ1n) is 10.2. The van der Waals surface area contributed by atoms with Gasteiger partial charge in [-0.2, -0.15) is 4.31 Å². The van der Waals surface area contributed by atoms with Crippen LogP contribution >= 0.6 is 23.2 Å². The summed E-state index contributed by atoms with van der Waals surface area (Å²) in [6.45, 7) is 0.694. The number of ether oxygens (including phenoxy) is 1. The highest BCUT2D eigenvalue weighted by molar-refractivity contribution is 7.89. The number of nitrogens with zero attached hydrogens (tertiary/aromatic N) is 1. The second-order valence-electron chi connectivity index (χ2n) is 7.47. The van der Waals surface area contributed by atoms with E-state index in [4.69, 9.17) is 27.9 Å². The molecule has 0 aromatic heterocycles. The first kappa shape index (κ1) is 22.9. The van der Waals surface area contributed by atoms with Crippen molar-refractivity contribution in [2.45, 2.75) is 23.8 Å². The maximum atomic E-state index is 13.3. The summed E-state index contributed by atoms with van der Waals surface area (Å²) in [5, 5.41) is 5.26. The van der Waals surface area contributed by atoms with Crippen molar-refractivity contribution in [2.75, 3.05) is 19.7 Å². The molecule has 0 spiro atoms. The first-order chi connectivity index (χ1) is 15.4. The molecule has 1 aliphatic rings. The number of carbonyl (C=O) groups excluding carboxylic acids is 1. The van der Waals surface area contributed by atoms with Gasteiger partial charge in [0.2, 0.25) is 15.9 Å². The van der Waals surface area contributed by atoms with Crippen LogP contribution in [0.2, 0.25) is 10.0 Å². The third-order valence-electron chi connectivity index (χ3n) is 5.41. The van der Waals surface area contributed by atoms with Gasteiger partial charge in [-0.3, -0.25) is 4.79 Å². The first-order valence-corrected chi connectivity index (χ1v) is 12.4. The Balaban J connectivity index is 1.40. The van der Waals surface area contributed by atoms with Gasteiger partial charge in [0, 0.05) is 6.54 Å². The lowest BCUT2D eigenvalue weighted by molar-refractivity contribution is -0.124. The van der Waals surface area contributed by atoms with Crippen molar-refractivity contribution >= 4 is 49.9 Å². The monoisotopic (exact) mass is 492 g/mol. The fourth-order valence-corrected chi connectivity index (χ4v) is 5.84. The fourth-order valence-electron chi connectivity index (χ4n) is 3.80. The van der Waals surface area contributed by atoms with Crippen LogP contribution in [0, 0.1) is 0 Å². The molecule has 1 atom stereocenters. The number of hydrogen-bond acceptors (Lipinski definition) is 4. The summed E-state index contributed by atoms with van der Waals surface area (Å²) in [7, 11) is -3.80. The van der Waals surface area contributed by atoms with E-state index in [0.29, 0.717) is 35.2 Å². The Morgan fingerprint density at radius 2 is 1.84 bits per heavy atom. The molecule has 0 radical (unpaired) electrons. The summed E-state index contributed by atoms with van der Waals surface area (Å²) in [5.74, 6) is 0.0856. The van der Waals surface area contributed by atoms with Gasteiger partial charge in [-0.25, -0.2) is 8.42 Å². The Bertz CT molecular complexity index is 1250. The van der Waals surface area contributed by atoms with Crippen LogP contribution in [-0.4, -0.2) is 44.4 Å². The fraction of sp³-hybridized carbons (Fsp3) is 0.261. The molecule has 9 heteroatoms. The highest BCUT2D eigenvalue weighted by Gasteiger charge is 2.39. The SMILES string of the molecule is O=C(NCCOc1cccc(Cl)c1Cl)C1CCCN1S(=O)(=O)c1ccc2ccccc2c1. The van der Waals surface area contributed by atoms with Gasteiger partial charge in [-0.15, -0.1) is 0 Å². The number of sulfonamides is 1. The molecular formula is C23H22Cl2N2O4S. The second kappa shape index (κ2) is 9.67. The smallest absolute Gasteiger partial charge is 0.243 e. The highest BCUT2D eigenvalue weighted by atomic mass is 35.5. The maximum absolute atomic E-state index is 13.3. The van der Waals surface area contributed by atoms with Crippen molar-refractivity contribution < 1.29 is 17.9 Å². The third kappa shape index (κ3) is 4.71. The van der Waals surface area contributed by atoms with E-state index < -0.39 is 16.1 Å². The molecular weight excluding hydrogens is 471 g/mol. The van der Waals surface area contributed by atoms with E-state index in [1.165, 1.54) is 4.31 Å². The summed E-state index contributed by atoms with van der Waals surface area (Å²) in [6.07, 6.45) is 1.10. The van der Waals surface area contributed by atoms with Crippen molar-refractivity contribution in [1.82, 2.24) is 9.62 Å². The molecule has 168 valence electrons. The quantitative estimate of drug-likeness (QED) is 0.492. The van der Waals surface area contributed by atoms with E-state index in [0.717, 1.165) is 10.8 Å². The number of benzene rings is 3. The molecule has 1 heterocycles. The lowest BCUT2D eigenvalue weighted by Crippen LogP contribution is -2.46. The van der Waals surface area contributed by atoms with Crippen molar-refractivity contribution in [3.8, 4) is 5.75 Å². The van der Waals surface area contributed by atoms with Gasteiger partial charge >= 0.3 is 0 Å². The predicted molar refractivity (Wildman–Crippen MR) is 126 cm³/mol. The minimum atomic E-state index is -3.80. The minimum Gasteiger partial charge on any atom is -0.490 e. The molecule has 1 amide bonds. The molecule has 1 N–H and O–H groups in total. The molecule has 0 aliphatic carbocycles. The molecule has 0 saturated carbocycles. The average molecular weight is 493 g/mol. The summed E-state index contributed by atoms with van der Waals surface area (Å²) in [6, 6.07) is 16.9. The maximum Gasteiger partial charge on any atom is 0.243 e. The van der Waals surface area contributed by atoms with E-state index in [1.54, 1.807) is 36.4 Å². The van der Waals surface area contributed by atoms with E-state index in [1.807, 2.05) is 24.3 Å². The van der Waals surface area contributed by atoms with Crippen LogP contribution in [0.4, 0.5) is 0 Å². The van der Waals surface area contributed by atoms with Crippen LogP contribution in [0.5, 0.6) is 5.75 Å². The summed E-state index contributed by atoms with van der Waals surface area (Å²) in [4.78, 5) is 12.9. The lowest BCUT2D eigenvalue weighted by atomic mass is 10.1. The van der Waals surface area contributed by atoms with Crippen LogP contribution in [0.3, 0.4) is 0 Å². The van der Waals surface area contributed by atoms with Gasteiger partial charge in [0.1, 0.15) is 23.4 Å². The van der Waals surface area contributed by atoms with Crippen LogP contribution in [0.15, 0.2) is 65.6 Å². The normalized spacial score (nSPS) is 16.9. The number of amides is 1. The van der Waals surface area contributed by atoms with Gasteiger partial charge in [-0.1, -0.05) is 59.6 Å².